The molecule has 3 rings (SSSR count). The third-order valence-electron chi connectivity index (χ3n) is 4.03. The Kier molecular flexibility index (Phi) is 4.58. The lowest BCUT2D eigenvalue weighted by molar-refractivity contribution is 0.111. The molecule has 3 heteroatoms. The van der Waals surface area contributed by atoms with Gasteiger partial charge in [-0.05, 0) is 73.7 Å². The van der Waals surface area contributed by atoms with Crippen LogP contribution in [0.15, 0.2) is 18.2 Å². The smallest absolute Gasteiger partial charge is 0.122 e. The number of benzene rings is 1. The van der Waals surface area contributed by atoms with E-state index in [-0.39, 0.29) is 0 Å². The van der Waals surface area contributed by atoms with E-state index < -0.39 is 0 Å². The molecule has 0 atom stereocenters. The van der Waals surface area contributed by atoms with Crippen LogP contribution >= 0.6 is 0 Å². The molecule has 0 heterocycles. The van der Waals surface area contributed by atoms with Gasteiger partial charge in [0.2, 0.25) is 0 Å². The minimum Gasteiger partial charge on any atom is -0.493 e. The Morgan fingerprint density at radius 2 is 1.80 bits per heavy atom. The molecule has 0 spiro atoms. The number of nitrogens with two attached hydrogens (primary N) is 1. The van der Waals surface area contributed by atoms with Crippen molar-refractivity contribution in [2.45, 2.75) is 38.7 Å². The maximum Gasteiger partial charge on any atom is 0.122 e. The monoisotopic (exact) mass is 275 g/mol. The first kappa shape index (κ1) is 13.9. The highest BCUT2D eigenvalue weighted by atomic mass is 16.5. The molecule has 2 fully saturated rings. The van der Waals surface area contributed by atoms with Crippen molar-refractivity contribution in [1.29, 1.82) is 0 Å². The van der Waals surface area contributed by atoms with Gasteiger partial charge < -0.3 is 15.2 Å². The molecule has 20 heavy (non-hydrogen) atoms. The van der Waals surface area contributed by atoms with Crippen LogP contribution in [0.4, 0.5) is 0 Å². The molecule has 0 unspecified atom stereocenters. The lowest BCUT2D eigenvalue weighted by Gasteiger charge is -2.13. The highest BCUT2D eigenvalue weighted by molar-refractivity contribution is 5.37. The van der Waals surface area contributed by atoms with Gasteiger partial charge in [-0.25, -0.2) is 0 Å². The van der Waals surface area contributed by atoms with E-state index in [0.717, 1.165) is 37.2 Å². The molecule has 2 saturated carbocycles. The van der Waals surface area contributed by atoms with Crippen LogP contribution in [0.5, 0.6) is 5.75 Å². The molecule has 0 aliphatic heterocycles. The minimum absolute atomic E-state index is 0.659. The molecule has 2 aliphatic carbocycles. The fourth-order valence-electron chi connectivity index (χ4n) is 2.33. The molecule has 0 radical (unpaired) electrons. The Labute approximate surface area is 121 Å². The van der Waals surface area contributed by atoms with E-state index in [0.29, 0.717) is 13.2 Å². The van der Waals surface area contributed by atoms with E-state index in [1.165, 1.54) is 36.8 Å². The molecule has 0 saturated heterocycles. The summed E-state index contributed by atoms with van der Waals surface area (Å²) in [5.41, 5.74) is 8.16. The first-order valence-corrected chi connectivity index (χ1v) is 7.87. The summed E-state index contributed by atoms with van der Waals surface area (Å²) in [6, 6.07) is 6.40. The lowest BCUT2D eigenvalue weighted by Crippen LogP contribution is -2.08. The standard InChI is InChI=1S/C17H25NO2/c18-8-7-16-9-15(11-19-10-13-1-2-13)5-6-17(16)20-12-14-3-4-14/h5-6,9,13-14H,1-4,7-8,10-12,18H2. The van der Waals surface area contributed by atoms with E-state index in [9.17, 15) is 0 Å². The van der Waals surface area contributed by atoms with Crippen molar-refractivity contribution in [3.63, 3.8) is 0 Å². The molecular weight excluding hydrogens is 250 g/mol. The van der Waals surface area contributed by atoms with Gasteiger partial charge in [0.05, 0.1) is 13.2 Å². The first-order chi connectivity index (χ1) is 9.85. The van der Waals surface area contributed by atoms with Crippen LogP contribution in [-0.2, 0) is 17.8 Å². The second-order valence-electron chi connectivity index (χ2n) is 6.19. The summed E-state index contributed by atoms with van der Waals surface area (Å²) in [7, 11) is 0. The van der Waals surface area contributed by atoms with E-state index >= 15 is 0 Å². The number of hydrogen-bond acceptors (Lipinski definition) is 3. The van der Waals surface area contributed by atoms with Gasteiger partial charge in [0, 0.05) is 6.61 Å². The maximum atomic E-state index is 5.92. The Morgan fingerprint density at radius 3 is 2.50 bits per heavy atom. The minimum atomic E-state index is 0.659. The van der Waals surface area contributed by atoms with Crippen LogP contribution in [-0.4, -0.2) is 19.8 Å². The predicted molar refractivity (Wildman–Crippen MR) is 79.8 cm³/mol. The third kappa shape index (κ3) is 4.22. The molecule has 0 aromatic heterocycles. The van der Waals surface area contributed by atoms with Crippen molar-refractivity contribution in [3.05, 3.63) is 29.3 Å². The van der Waals surface area contributed by atoms with Crippen LogP contribution < -0.4 is 10.5 Å². The number of rotatable bonds is 9. The zero-order chi connectivity index (χ0) is 13.8. The van der Waals surface area contributed by atoms with Crippen molar-refractivity contribution < 1.29 is 9.47 Å². The van der Waals surface area contributed by atoms with Crippen LogP contribution in [0.1, 0.15) is 36.8 Å². The molecule has 1 aromatic carbocycles. The Bertz CT molecular complexity index is 439. The van der Waals surface area contributed by atoms with E-state index in [1.807, 2.05) is 0 Å². The Morgan fingerprint density at radius 1 is 1.05 bits per heavy atom. The quantitative estimate of drug-likeness (QED) is 0.753. The molecule has 1 aromatic rings. The SMILES string of the molecule is NCCc1cc(COCC2CC2)ccc1OCC1CC1. The summed E-state index contributed by atoms with van der Waals surface area (Å²) in [6.07, 6.45) is 6.19. The Hall–Kier alpha value is -1.06. The second-order valence-corrected chi connectivity index (χ2v) is 6.19. The molecule has 2 N–H and O–H groups in total. The fraction of sp³-hybridized carbons (Fsp3) is 0.647. The summed E-state index contributed by atoms with van der Waals surface area (Å²) in [5.74, 6) is 2.61. The molecule has 0 amide bonds. The molecule has 2 aliphatic rings. The van der Waals surface area contributed by atoms with Gasteiger partial charge in [-0.3, -0.25) is 0 Å². The van der Waals surface area contributed by atoms with Gasteiger partial charge in [0.1, 0.15) is 5.75 Å². The summed E-state index contributed by atoms with van der Waals surface area (Å²) in [5, 5.41) is 0. The van der Waals surface area contributed by atoms with Crippen molar-refractivity contribution in [3.8, 4) is 5.75 Å². The summed E-state index contributed by atoms with van der Waals surface area (Å²) in [4.78, 5) is 0. The number of ether oxygens (including phenoxy) is 2. The van der Waals surface area contributed by atoms with Crippen LogP contribution in [0.25, 0.3) is 0 Å². The largest absolute Gasteiger partial charge is 0.493 e. The maximum absolute atomic E-state index is 5.92. The Balaban J connectivity index is 1.56. The fourth-order valence-corrected chi connectivity index (χ4v) is 2.33. The highest BCUT2D eigenvalue weighted by Gasteiger charge is 2.22. The molecule has 0 bridgehead atoms. The van der Waals surface area contributed by atoms with Crippen LogP contribution in [0.3, 0.4) is 0 Å². The van der Waals surface area contributed by atoms with Crippen molar-refractivity contribution in [1.82, 2.24) is 0 Å². The zero-order valence-corrected chi connectivity index (χ0v) is 12.1. The lowest BCUT2D eigenvalue weighted by atomic mass is 10.1. The van der Waals surface area contributed by atoms with Crippen LogP contribution in [0.2, 0.25) is 0 Å². The summed E-state index contributed by atoms with van der Waals surface area (Å²) in [6.45, 7) is 3.13. The molecule has 110 valence electrons. The van der Waals surface area contributed by atoms with E-state index in [4.69, 9.17) is 15.2 Å². The van der Waals surface area contributed by atoms with Gasteiger partial charge in [0.15, 0.2) is 0 Å². The normalized spacial score (nSPS) is 18.2. The summed E-state index contributed by atoms with van der Waals surface area (Å²) >= 11 is 0. The third-order valence-corrected chi connectivity index (χ3v) is 4.03. The predicted octanol–water partition coefficient (Wildman–Crippen LogP) is 2.90. The van der Waals surface area contributed by atoms with Crippen LogP contribution in [0, 0.1) is 11.8 Å². The van der Waals surface area contributed by atoms with Gasteiger partial charge in [-0.1, -0.05) is 6.07 Å². The zero-order valence-electron chi connectivity index (χ0n) is 12.1. The van der Waals surface area contributed by atoms with E-state index in [2.05, 4.69) is 18.2 Å². The molecular formula is C17H25NO2. The van der Waals surface area contributed by atoms with Crippen molar-refractivity contribution in [2.24, 2.45) is 17.6 Å². The number of hydrogen-bond donors (Lipinski definition) is 1. The first-order valence-electron chi connectivity index (χ1n) is 7.87. The average Bonchev–Trinajstić information content (AvgIpc) is 3.33. The van der Waals surface area contributed by atoms with Gasteiger partial charge in [-0.15, -0.1) is 0 Å². The van der Waals surface area contributed by atoms with Gasteiger partial charge in [-0.2, -0.15) is 0 Å². The summed E-state index contributed by atoms with van der Waals surface area (Å²) < 4.78 is 11.7. The topological polar surface area (TPSA) is 44.5 Å². The van der Waals surface area contributed by atoms with E-state index in [1.54, 1.807) is 0 Å². The highest BCUT2D eigenvalue weighted by Crippen LogP contribution is 2.31. The van der Waals surface area contributed by atoms with Gasteiger partial charge >= 0.3 is 0 Å². The van der Waals surface area contributed by atoms with Crippen molar-refractivity contribution in [2.75, 3.05) is 19.8 Å². The molecule has 3 nitrogen and oxygen atoms in total. The average molecular weight is 275 g/mol. The second kappa shape index (κ2) is 6.59. The van der Waals surface area contributed by atoms with Gasteiger partial charge in [0.25, 0.3) is 0 Å². The van der Waals surface area contributed by atoms with Crippen molar-refractivity contribution >= 4 is 0 Å².